The Morgan fingerprint density at radius 1 is 1.45 bits per heavy atom. The molecule has 0 amide bonds. The molecule has 104 valence electrons. The standard InChI is InChI=1S/C11H8ClFN4O3/c1-20-8-4-6(2-3-7(8)13)16-11-9(17(18)19)10(12)14-5-15-11/h2-5H,1H3,(H,14,15,16). The van der Waals surface area contributed by atoms with E-state index < -0.39 is 16.4 Å². The van der Waals surface area contributed by atoms with Gasteiger partial charge in [-0.15, -0.1) is 0 Å². The van der Waals surface area contributed by atoms with Gasteiger partial charge in [0.2, 0.25) is 11.0 Å². The largest absolute Gasteiger partial charge is 0.494 e. The number of anilines is 2. The van der Waals surface area contributed by atoms with Crippen LogP contribution in [0.3, 0.4) is 0 Å². The van der Waals surface area contributed by atoms with E-state index in [2.05, 4.69) is 15.3 Å². The van der Waals surface area contributed by atoms with Crippen LogP contribution < -0.4 is 10.1 Å². The van der Waals surface area contributed by atoms with Crippen molar-refractivity contribution >= 4 is 28.8 Å². The highest BCUT2D eigenvalue weighted by Crippen LogP contribution is 2.31. The first-order valence-electron chi connectivity index (χ1n) is 5.28. The molecule has 1 N–H and O–H groups in total. The van der Waals surface area contributed by atoms with Crippen molar-refractivity contribution in [3.05, 3.63) is 45.6 Å². The second kappa shape index (κ2) is 5.66. The number of rotatable bonds is 4. The van der Waals surface area contributed by atoms with Gasteiger partial charge in [0.1, 0.15) is 6.33 Å². The Labute approximate surface area is 117 Å². The number of hydrogen-bond acceptors (Lipinski definition) is 6. The van der Waals surface area contributed by atoms with Gasteiger partial charge < -0.3 is 10.1 Å². The monoisotopic (exact) mass is 298 g/mol. The van der Waals surface area contributed by atoms with Crippen molar-refractivity contribution in [3.63, 3.8) is 0 Å². The van der Waals surface area contributed by atoms with Crippen molar-refractivity contribution in [3.8, 4) is 5.75 Å². The van der Waals surface area contributed by atoms with Crippen LogP contribution in [0.4, 0.5) is 21.6 Å². The van der Waals surface area contributed by atoms with Crippen LogP contribution in [0.25, 0.3) is 0 Å². The number of methoxy groups -OCH3 is 1. The minimum absolute atomic E-state index is 0.00203. The first kappa shape index (κ1) is 13.9. The first-order chi connectivity index (χ1) is 9.52. The molecule has 0 aliphatic rings. The Kier molecular flexibility index (Phi) is 3.94. The molecule has 1 aromatic carbocycles. The number of benzene rings is 1. The highest BCUT2D eigenvalue weighted by atomic mass is 35.5. The maximum absolute atomic E-state index is 13.3. The Bertz CT molecular complexity index is 668. The highest BCUT2D eigenvalue weighted by Gasteiger charge is 2.21. The van der Waals surface area contributed by atoms with Gasteiger partial charge in [0, 0.05) is 11.8 Å². The molecule has 0 atom stereocenters. The number of ether oxygens (including phenoxy) is 1. The smallest absolute Gasteiger partial charge is 0.348 e. The molecule has 0 saturated heterocycles. The minimum Gasteiger partial charge on any atom is -0.494 e. The number of nitro groups is 1. The van der Waals surface area contributed by atoms with E-state index in [1.54, 1.807) is 0 Å². The average Bonchev–Trinajstić information content (AvgIpc) is 2.40. The van der Waals surface area contributed by atoms with E-state index in [0.717, 1.165) is 12.4 Å². The molecule has 20 heavy (non-hydrogen) atoms. The number of aromatic nitrogens is 2. The quantitative estimate of drug-likeness (QED) is 0.530. The highest BCUT2D eigenvalue weighted by molar-refractivity contribution is 6.31. The molecule has 7 nitrogen and oxygen atoms in total. The summed E-state index contributed by atoms with van der Waals surface area (Å²) in [7, 11) is 1.31. The van der Waals surface area contributed by atoms with Crippen LogP contribution in [-0.4, -0.2) is 22.0 Å². The van der Waals surface area contributed by atoms with Crippen molar-refractivity contribution in [2.24, 2.45) is 0 Å². The van der Waals surface area contributed by atoms with E-state index in [1.807, 2.05) is 0 Å². The topological polar surface area (TPSA) is 90.2 Å². The number of nitrogens with zero attached hydrogens (tertiary/aromatic N) is 3. The van der Waals surface area contributed by atoms with Gasteiger partial charge in [-0.25, -0.2) is 14.4 Å². The fourth-order valence-electron chi connectivity index (χ4n) is 1.48. The lowest BCUT2D eigenvalue weighted by molar-refractivity contribution is -0.384. The molecule has 0 saturated carbocycles. The van der Waals surface area contributed by atoms with Gasteiger partial charge in [-0.05, 0) is 12.1 Å². The second-order valence-electron chi connectivity index (χ2n) is 3.59. The Hall–Kier alpha value is -2.48. The summed E-state index contributed by atoms with van der Waals surface area (Å²) >= 11 is 5.66. The van der Waals surface area contributed by atoms with Crippen LogP contribution in [0.2, 0.25) is 5.15 Å². The maximum Gasteiger partial charge on any atom is 0.348 e. The zero-order valence-corrected chi connectivity index (χ0v) is 10.9. The van der Waals surface area contributed by atoms with Gasteiger partial charge in [0.25, 0.3) is 0 Å². The lowest BCUT2D eigenvalue weighted by Crippen LogP contribution is -2.02. The molecule has 0 radical (unpaired) electrons. The van der Waals surface area contributed by atoms with E-state index in [9.17, 15) is 14.5 Å². The molecule has 1 heterocycles. The molecule has 0 aliphatic carbocycles. The summed E-state index contributed by atoms with van der Waals surface area (Å²) < 4.78 is 18.1. The Morgan fingerprint density at radius 2 is 2.20 bits per heavy atom. The van der Waals surface area contributed by atoms with Crippen LogP contribution >= 0.6 is 11.6 Å². The molecule has 2 rings (SSSR count). The summed E-state index contributed by atoms with van der Waals surface area (Å²) in [6, 6.07) is 3.89. The number of halogens is 2. The molecular weight excluding hydrogens is 291 g/mol. The maximum atomic E-state index is 13.3. The summed E-state index contributed by atoms with van der Waals surface area (Å²) in [5, 5.41) is 13.3. The Morgan fingerprint density at radius 3 is 2.85 bits per heavy atom. The molecule has 0 unspecified atom stereocenters. The molecule has 9 heteroatoms. The predicted octanol–water partition coefficient (Wildman–Crippen LogP) is 2.93. The normalized spacial score (nSPS) is 10.2. The summed E-state index contributed by atoms with van der Waals surface area (Å²) in [6.45, 7) is 0. The van der Waals surface area contributed by atoms with Crippen molar-refractivity contribution in [1.82, 2.24) is 9.97 Å². The van der Waals surface area contributed by atoms with Gasteiger partial charge in [-0.2, -0.15) is 0 Å². The van der Waals surface area contributed by atoms with Crippen molar-refractivity contribution in [1.29, 1.82) is 0 Å². The summed E-state index contributed by atoms with van der Waals surface area (Å²) in [5.41, 5.74) is -0.0985. The third kappa shape index (κ3) is 2.75. The third-order valence-corrected chi connectivity index (χ3v) is 2.65. The SMILES string of the molecule is COc1cc(Nc2ncnc(Cl)c2[N+](=O)[O-])ccc1F. The zero-order chi connectivity index (χ0) is 14.7. The van der Waals surface area contributed by atoms with E-state index in [-0.39, 0.29) is 16.7 Å². The summed E-state index contributed by atoms with van der Waals surface area (Å²) in [6.07, 6.45) is 1.08. The van der Waals surface area contributed by atoms with Crippen molar-refractivity contribution < 1.29 is 14.1 Å². The van der Waals surface area contributed by atoms with Gasteiger partial charge in [0.05, 0.1) is 12.0 Å². The Balaban J connectivity index is 2.40. The third-order valence-electron chi connectivity index (χ3n) is 2.37. The van der Waals surface area contributed by atoms with Crippen LogP contribution in [-0.2, 0) is 0 Å². The van der Waals surface area contributed by atoms with E-state index >= 15 is 0 Å². The molecular formula is C11H8ClFN4O3. The van der Waals surface area contributed by atoms with Crippen molar-refractivity contribution in [2.75, 3.05) is 12.4 Å². The van der Waals surface area contributed by atoms with E-state index in [1.165, 1.54) is 19.2 Å². The molecule has 1 aromatic heterocycles. The summed E-state index contributed by atoms with van der Waals surface area (Å²) in [5.74, 6) is -0.644. The van der Waals surface area contributed by atoms with Crippen molar-refractivity contribution in [2.45, 2.75) is 0 Å². The van der Waals surface area contributed by atoms with Crippen LogP contribution in [0.15, 0.2) is 24.5 Å². The minimum atomic E-state index is -0.703. The predicted molar refractivity (Wildman–Crippen MR) is 69.9 cm³/mol. The number of hydrogen-bond donors (Lipinski definition) is 1. The summed E-state index contributed by atoms with van der Waals surface area (Å²) in [4.78, 5) is 17.5. The van der Waals surface area contributed by atoms with Crippen LogP contribution in [0.1, 0.15) is 0 Å². The average molecular weight is 299 g/mol. The first-order valence-corrected chi connectivity index (χ1v) is 5.66. The molecule has 0 aliphatic heterocycles. The van der Waals surface area contributed by atoms with Gasteiger partial charge in [-0.3, -0.25) is 10.1 Å². The fourth-order valence-corrected chi connectivity index (χ4v) is 1.69. The molecule has 0 fully saturated rings. The zero-order valence-electron chi connectivity index (χ0n) is 10.1. The molecule has 0 spiro atoms. The van der Waals surface area contributed by atoms with E-state index in [0.29, 0.717) is 5.69 Å². The van der Waals surface area contributed by atoms with Crippen LogP contribution in [0, 0.1) is 15.9 Å². The lowest BCUT2D eigenvalue weighted by atomic mass is 10.3. The molecule has 2 aromatic rings. The van der Waals surface area contributed by atoms with Gasteiger partial charge in [-0.1, -0.05) is 11.6 Å². The van der Waals surface area contributed by atoms with Gasteiger partial charge in [0.15, 0.2) is 11.6 Å². The van der Waals surface area contributed by atoms with Gasteiger partial charge >= 0.3 is 5.69 Å². The fraction of sp³-hybridized carbons (Fsp3) is 0.0909. The second-order valence-corrected chi connectivity index (χ2v) is 3.95. The molecule has 0 bridgehead atoms. The van der Waals surface area contributed by atoms with E-state index in [4.69, 9.17) is 16.3 Å². The number of nitrogens with one attached hydrogen (secondary N) is 1. The van der Waals surface area contributed by atoms with Crippen LogP contribution in [0.5, 0.6) is 5.75 Å². The lowest BCUT2D eigenvalue weighted by Gasteiger charge is -2.08.